The number of urea groups is 1. The van der Waals surface area contributed by atoms with Crippen molar-refractivity contribution in [1.82, 2.24) is 14.7 Å². The number of nitrogens with one attached hydrogen (secondary N) is 2. The van der Waals surface area contributed by atoms with E-state index >= 15 is 0 Å². The molecule has 0 unspecified atom stereocenters. The van der Waals surface area contributed by atoms with Gasteiger partial charge in [-0.25, -0.2) is 9.48 Å². The number of amides is 3. The lowest BCUT2D eigenvalue weighted by atomic mass is 10.1. The third-order valence-electron chi connectivity index (χ3n) is 6.28. The Labute approximate surface area is 237 Å². The van der Waals surface area contributed by atoms with Crippen LogP contribution >= 0.6 is 0 Å². The van der Waals surface area contributed by atoms with Gasteiger partial charge >= 0.3 is 12.2 Å². The van der Waals surface area contributed by atoms with Gasteiger partial charge in [0.15, 0.2) is 0 Å². The Bertz CT molecular complexity index is 1530. The molecular formula is C31H32F3N5O2. The van der Waals surface area contributed by atoms with Gasteiger partial charge in [-0.1, -0.05) is 67.9 Å². The summed E-state index contributed by atoms with van der Waals surface area (Å²) in [4.78, 5) is 27.7. The highest BCUT2D eigenvalue weighted by Gasteiger charge is 2.30. The molecule has 0 aliphatic heterocycles. The van der Waals surface area contributed by atoms with Crippen LogP contribution in [0.5, 0.6) is 0 Å². The summed E-state index contributed by atoms with van der Waals surface area (Å²) in [6.45, 7) is 7.60. The average molecular weight is 564 g/mol. The smallest absolute Gasteiger partial charge is 0.315 e. The molecule has 4 rings (SSSR count). The number of benzene rings is 3. The van der Waals surface area contributed by atoms with Crippen LogP contribution in [0.2, 0.25) is 0 Å². The predicted molar refractivity (Wildman–Crippen MR) is 154 cm³/mol. The molecule has 0 aliphatic carbocycles. The van der Waals surface area contributed by atoms with Gasteiger partial charge in [0.05, 0.1) is 16.9 Å². The number of halogens is 3. The zero-order valence-corrected chi connectivity index (χ0v) is 23.3. The van der Waals surface area contributed by atoms with Gasteiger partial charge in [0, 0.05) is 23.9 Å². The van der Waals surface area contributed by atoms with Crippen LogP contribution in [-0.2, 0) is 11.0 Å². The number of rotatable bonds is 8. The second-order valence-electron chi connectivity index (χ2n) is 10.3. The Balaban J connectivity index is 1.58. The minimum absolute atomic E-state index is 0.000443. The first kappa shape index (κ1) is 29.4. The number of aromatic nitrogens is 2. The summed E-state index contributed by atoms with van der Waals surface area (Å²) < 4.78 is 41.1. The SMILES string of the molecule is Cc1ccc(-n2nc(-c3ccccc3)cc2NC(=O)CN(CC(C)C)C(=O)Nc2cccc(C(F)(F)F)c2)c(C)c1. The molecule has 0 fully saturated rings. The van der Waals surface area contributed by atoms with E-state index in [0.29, 0.717) is 11.5 Å². The summed E-state index contributed by atoms with van der Waals surface area (Å²) in [6, 6.07) is 20.9. The van der Waals surface area contributed by atoms with Crippen molar-refractivity contribution in [3.8, 4) is 16.9 Å². The molecule has 1 heterocycles. The third-order valence-corrected chi connectivity index (χ3v) is 6.28. The van der Waals surface area contributed by atoms with Crippen LogP contribution in [-0.4, -0.2) is 39.7 Å². The van der Waals surface area contributed by atoms with Gasteiger partial charge in [0.2, 0.25) is 5.91 Å². The van der Waals surface area contributed by atoms with Crippen LogP contribution in [0.1, 0.15) is 30.5 Å². The number of hydrogen-bond acceptors (Lipinski definition) is 3. The van der Waals surface area contributed by atoms with Crippen molar-refractivity contribution in [3.63, 3.8) is 0 Å². The summed E-state index contributed by atoms with van der Waals surface area (Å²) >= 11 is 0. The van der Waals surface area contributed by atoms with Crippen molar-refractivity contribution in [2.45, 2.75) is 33.9 Å². The Morgan fingerprint density at radius 2 is 1.66 bits per heavy atom. The van der Waals surface area contributed by atoms with E-state index in [0.717, 1.165) is 34.5 Å². The van der Waals surface area contributed by atoms with E-state index in [4.69, 9.17) is 5.10 Å². The molecule has 41 heavy (non-hydrogen) atoms. The monoisotopic (exact) mass is 563 g/mol. The summed E-state index contributed by atoms with van der Waals surface area (Å²) in [5.74, 6) is -0.0561. The number of carbonyl (C=O) groups excluding carboxylic acids is 2. The lowest BCUT2D eigenvalue weighted by molar-refractivity contribution is -0.137. The van der Waals surface area contributed by atoms with Crippen molar-refractivity contribution in [1.29, 1.82) is 0 Å². The quantitative estimate of drug-likeness (QED) is 0.236. The lowest BCUT2D eigenvalue weighted by Gasteiger charge is -2.24. The molecule has 0 bridgehead atoms. The highest BCUT2D eigenvalue weighted by Crippen LogP contribution is 2.31. The molecule has 0 aliphatic rings. The molecule has 0 saturated heterocycles. The van der Waals surface area contributed by atoms with E-state index in [2.05, 4.69) is 10.6 Å². The molecule has 7 nitrogen and oxygen atoms in total. The number of nitrogens with zero attached hydrogens (tertiary/aromatic N) is 3. The Morgan fingerprint density at radius 3 is 2.32 bits per heavy atom. The normalized spacial score (nSPS) is 11.4. The number of hydrogen-bond donors (Lipinski definition) is 2. The number of anilines is 2. The van der Waals surface area contributed by atoms with Gasteiger partial charge < -0.3 is 15.5 Å². The maximum Gasteiger partial charge on any atom is 0.416 e. The van der Waals surface area contributed by atoms with Gasteiger partial charge in [-0.15, -0.1) is 0 Å². The zero-order valence-electron chi connectivity index (χ0n) is 23.3. The van der Waals surface area contributed by atoms with Crippen LogP contribution in [0.25, 0.3) is 16.9 Å². The highest BCUT2D eigenvalue weighted by atomic mass is 19.4. The number of alkyl halides is 3. The first-order valence-corrected chi connectivity index (χ1v) is 13.2. The second kappa shape index (κ2) is 12.3. The van der Waals surface area contributed by atoms with E-state index in [1.165, 1.54) is 17.0 Å². The first-order valence-electron chi connectivity index (χ1n) is 13.2. The minimum atomic E-state index is -4.55. The summed E-state index contributed by atoms with van der Waals surface area (Å²) in [5.41, 5.74) is 3.47. The van der Waals surface area contributed by atoms with Crippen molar-refractivity contribution in [2.75, 3.05) is 23.7 Å². The Kier molecular flexibility index (Phi) is 8.80. The van der Waals surface area contributed by atoms with E-state index < -0.39 is 23.7 Å². The van der Waals surface area contributed by atoms with Crippen LogP contribution < -0.4 is 10.6 Å². The average Bonchev–Trinajstić information content (AvgIpc) is 3.31. The fourth-order valence-electron chi connectivity index (χ4n) is 4.44. The maximum atomic E-state index is 13.3. The van der Waals surface area contributed by atoms with Gasteiger partial charge in [0.25, 0.3) is 0 Å². The van der Waals surface area contributed by atoms with Gasteiger partial charge in [-0.2, -0.15) is 18.3 Å². The topological polar surface area (TPSA) is 79.3 Å². The minimum Gasteiger partial charge on any atom is -0.315 e. The maximum absolute atomic E-state index is 13.3. The van der Waals surface area contributed by atoms with Gasteiger partial charge in [-0.05, 0) is 49.6 Å². The molecule has 0 saturated carbocycles. The largest absolute Gasteiger partial charge is 0.416 e. The predicted octanol–water partition coefficient (Wildman–Crippen LogP) is 7.30. The standard InChI is InChI=1S/C31H32F3N5O2/c1-20(2)18-38(30(41)35-25-12-8-11-24(16-25)31(32,33)34)19-29(40)36-28-17-26(23-9-6-5-7-10-23)37-39(28)27-14-13-21(3)15-22(27)4/h5-17,20H,18-19H2,1-4H3,(H,35,41)(H,36,40). The molecule has 0 radical (unpaired) electrons. The highest BCUT2D eigenvalue weighted by molar-refractivity contribution is 5.97. The zero-order chi connectivity index (χ0) is 29.7. The molecule has 214 valence electrons. The van der Waals surface area contributed by atoms with E-state index in [9.17, 15) is 22.8 Å². The number of carbonyl (C=O) groups is 2. The molecule has 3 aromatic carbocycles. The molecule has 4 aromatic rings. The van der Waals surface area contributed by atoms with Crippen LogP contribution in [0.3, 0.4) is 0 Å². The lowest BCUT2D eigenvalue weighted by Crippen LogP contribution is -2.42. The van der Waals surface area contributed by atoms with Crippen LogP contribution in [0.15, 0.2) is 78.9 Å². The Morgan fingerprint density at radius 1 is 0.927 bits per heavy atom. The van der Waals surface area contributed by atoms with E-state index in [1.54, 1.807) is 10.7 Å². The molecule has 10 heteroatoms. The van der Waals surface area contributed by atoms with Crippen LogP contribution in [0, 0.1) is 19.8 Å². The fourth-order valence-corrected chi connectivity index (χ4v) is 4.44. The molecule has 1 aromatic heterocycles. The molecule has 0 spiro atoms. The van der Waals surface area contributed by atoms with Crippen molar-refractivity contribution in [3.05, 3.63) is 95.6 Å². The molecular weight excluding hydrogens is 531 g/mol. The number of aryl methyl sites for hydroxylation is 2. The third kappa shape index (κ3) is 7.53. The van der Waals surface area contributed by atoms with Crippen molar-refractivity contribution < 1.29 is 22.8 Å². The molecule has 0 atom stereocenters. The van der Waals surface area contributed by atoms with E-state index in [1.807, 2.05) is 76.2 Å². The first-order chi connectivity index (χ1) is 19.4. The van der Waals surface area contributed by atoms with Crippen LogP contribution in [0.4, 0.5) is 29.5 Å². The van der Waals surface area contributed by atoms with Crippen molar-refractivity contribution >= 4 is 23.4 Å². The summed E-state index contributed by atoms with van der Waals surface area (Å²) in [7, 11) is 0. The van der Waals surface area contributed by atoms with E-state index in [-0.39, 0.29) is 24.7 Å². The van der Waals surface area contributed by atoms with Crippen molar-refractivity contribution in [2.24, 2.45) is 5.92 Å². The van der Waals surface area contributed by atoms with Gasteiger partial charge in [-0.3, -0.25) is 4.79 Å². The second-order valence-corrected chi connectivity index (χ2v) is 10.3. The van der Waals surface area contributed by atoms with Gasteiger partial charge in [0.1, 0.15) is 12.4 Å². The molecule has 2 N–H and O–H groups in total. The summed E-state index contributed by atoms with van der Waals surface area (Å²) in [6.07, 6.45) is -4.55. The summed E-state index contributed by atoms with van der Waals surface area (Å²) in [5, 5.41) is 10.1. The fraction of sp³-hybridized carbons (Fsp3) is 0.258. The molecule has 3 amide bonds. The Hall–Kier alpha value is -4.60.